The van der Waals surface area contributed by atoms with Gasteiger partial charge in [-0.3, -0.25) is 4.21 Å². The molecule has 0 N–H and O–H groups in total. The normalized spacial score (nSPS) is 12.2. The molecule has 0 heterocycles. The molecule has 0 aromatic heterocycles. The molecule has 0 fully saturated rings. The first kappa shape index (κ1) is 16.7. The van der Waals surface area contributed by atoms with Gasteiger partial charge in [0.05, 0.1) is 6.61 Å². The third-order valence-corrected chi connectivity index (χ3v) is 5.17. The molecule has 24 heavy (non-hydrogen) atoms. The largest absolute Gasteiger partial charge is 0.494 e. The van der Waals surface area contributed by atoms with Crippen LogP contribution in [0.4, 0.5) is 4.39 Å². The van der Waals surface area contributed by atoms with Crippen molar-refractivity contribution in [2.75, 3.05) is 12.4 Å². The molecule has 3 aromatic rings. The first-order valence-corrected chi connectivity index (χ1v) is 9.41. The third-order valence-electron chi connectivity index (χ3n) is 3.80. The van der Waals surface area contributed by atoms with E-state index < -0.39 is 10.8 Å². The van der Waals surface area contributed by atoms with E-state index >= 15 is 0 Å². The Labute approximate surface area is 143 Å². The summed E-state index contributed by atoms with van der Waals surface area (Å²) in [5.41, 5.74) is 1.12. The fourth-order valence-electron chi connectivity index (χ4n) is 2.60. The molecule has 0 saturated heterocycles. The van der Waals surface area contributed by atoms with Crippen LogP contribution in [-0.4, -0.2) is 16.6 Å². The van der Waals surface area contributed by atoms with Gasteiger partial charge in [0.2, 0.25) is 0 Å². The summed E-state index contributed by atoms with van der Waals surface area (Å²) in [6.07, 6.45) is 0.703. The van der Waals surface area contributed by atoms with Crippen molar-refractivity contribution in [1.29, 1.82) is 0 Å². The van der Waals surface area contributed by atoms with Crippen LogP contribution < -0.4 is 4.74 Å². The SMILES string of the molecule is O=S(CCCOc1ccc(F)cc1)Cc1cccc2ccccc12. The molecule has 1 atom stereocenters. The van der Waals surface area contributed by atoms with E-state index in [1.165, 1.54) is 17.5 Å². The van der Waals surface area contributed by atoms with Gasteiger partial charge in [-0.05, 0) is 47.0 Å². The Morgan fingerprint density at radius 3 is 2.50 bits per heavy atom. The average molecular weight is 342 g/mol. The Bertz CT molecular complexity index is 825. The van der Waals surface area contributed by atoms with Gasteiger partial charge in [0.15, 0.2) is 0 Å². The van der Waals surface area contributed by atoms with Crippen molar-refractivity contribution in [2.24, 2.45) is 0 Å². The second-order valence-electron chi connectivity index (χ2n) is 5.58. The van der Waals surface area contributed by atoms with Crippen molar-refractivity contribution in [3.8, 4) is 5.75 Å². The molecule has 3 aromatic carbocycles. The second-order valence-corrected chi connectivity index (χ2v) is 7.16. The Morgan fingerprint density at radius 2 is 1.67 bits per heavy atom. The van der Waals surface area contributed by atoms with Gasteiger partial charge in [0.1, 0.15) is 11.6 Å². The minimum absolute atomic E-state index is 0.279. The van der Waals surface area contributed by atoms with Gasteiger partial charge in [-0.1, -0.05) is 42.5 Å². The van der Waals surface area contributed by atoms with Crippen molar-refractivity contribution in [1.82, 2.24) is 0 Å². The summed E-state index contributed by atoms with van der Waals surface area (Å²) >= 11 is 0. The molecule has 1 unspecified atom stereocenters. The zero-order chi connectivity index (χ0) is 16.8. The van der Waals surface area contributed by atoms with Gasteiger partial charge in [-0.25, -0.2) is 4.39 Å². The van der Waals surface area contributed by atoms with Gasteiger partial charge in [-0.2, -0.15) is 0 Å². The summed E-state index contributed by atoms with van der Waals surface area (Å²) in [6, 6.07) is 20.2. The lowest BCUT2D eigenvalue weighted by atomic mass is 10.1. The van der Waals surface area contributed by atoms with Crippen LogP contribution in [0.2, 0.25) is 0 Å². The molecule has 0 bridgehead atoms. The number of ether oxygens (including phenoxy) is 1. The van der Waals surface area contributed by atoms with Crippen LogP contribution in [0.3, 0.4) is 0 Å². The fraction of sp³-hybridized carbons (Fsp3) is 0.200. The van der Waals surface area contributed by atoms with Crippen LogP contribution in [0.25, 0.3) is 10.8 Å². The van der Waals surface area contributed by atoms with Crippen molar-refractivity contribution in [3.05, 3.63) is 78.1 Å². The molecule has 4 heteroatoms. The van der Waals surface area contributed by atoms with Gasteiger partial charge in [-0.15, -0.1) is 0 Å². The van der Waals surface area contributed by atoms with E-state index in [0.29, 0.717) is 30.3 Å². The van der Waals surface area contributed by atoms with E-state index in [4.69, 9.17) is 4.74 Å². The highest BCUT2D eigenvalue weighted by atomic mass is 32.2. The van der Waals surface area contributed by atoms with E-state index in [-0.39, 0.29) is 5.82 Å². The maximum absolute atomic E-state index is 12.8. The van der Waals surface area contributed by atoms with Crippen molar-refractivity contribution in [2.45, 2.75) is 12.2 Å². The number of hydrogen-bond acceptors (Lipinski definition) is 2. The van der Waals surface area contributed by atoms with Crippen molar-refractivity contribution < 1.29 is 13.3 Å². The maximum atomic E-state index is 12.8. The first-order chi connectivity index (χ1) is 11.7. The number of benzene rings is 3. The predicted octanol–water partition coefficient (Wildman–Crippen LogP) is 4.70. The monoisotopic (exact) mass is 342 g/mol. The second kappa shape index (κ2) is 8.06. The third kappa shape index (κ3) is 4.42. The number of fused-ring (bicyclic) bond motifs is 1. The molecule has 124 valence electrons. The molecular formula is C20H19FO2S. The molecule has 0 aliphatic rings. The zero-order valence-corrected chi connectivity index (χ0v) is 14.1. The Hall–Kier alpha value is -2.20. The quantitative estimate of drug-likeness (QED) is 0.582. The van der Waals surface area contributed by atoms with Crippen LogP contribution in [0.5, 0.6) is 5.75 Å². The minimum Gasteiger partial charge on any atom is -0.494 e. The van der Waals surface area contributed by atoms with E-state index in [2.05, 4.69) is 18.2 Å². The molecular weight excluding hydrogens is 323 g/mol. The smallest absolute Gasteiger partial charge is 0.123 e. The standard InChI is InChI=1S/C20H19FO2S/c21-18-9-11-19(12-10-18)23-13-4-14-24(22)15-17-7-3-6-16-5-1-2-8-20(16)17/h1-3,5-12H,4,13-15H2. The van der Waals surface area contributed by atoms with Crippen molar-refractivity contribution in [3.63, 3.8) is 0 Å². The first-order valence-electron chi connectivity index (χ1n) is 7.92. The summed E-state index contributed by atoms with van der Waals surface area (Å²) in [5, 5.41) is 2.34. The molecule has 0 spiro atoms. The lowest BCUT2D eigenvalue weighted by Crippen LogP contribution is -2.06. The van der Waals surface area contributed by atoms with Gasteiger partial charge in [0, 0.05) is 22.3 Å². The Morgan fingerprint density at radius 1 is 0.917 bits per heavy atom. The van der Waals surface area contributed by atoms with Gasteiger partial charge < -0.3 is 4.74 Å². The van der Waals surface area contributed by atoms with Crippen LogP contribution in [0.15, 0.2) is 66.7 Å². The van der Waals surface area contributed by atoms with E-state index in [9.17, 15) is 8.60 Å². The highest BCUT2D eigenvalue weighted by molar-refractivity contribution is 7.84. The van der Waals surface area contributed by atoms with E-state index in [0.717, 1.165) is 10.9 Å². The van der Waals surface area contributed by atoms with Gasteiger partial charge >= 0.3 is 0 Å². The minimum atomic E-state index is -0.929. The molecule has 0 saturated carbocycles. The van der Waals surface area contributed by atoms with Gasteiger partial charge in [0.25, 0.3) is 0 Å². The summed E-state index contributed by atoms with van der Waals surface area (Å²) in [6.45, 7) is 0.479. The number of hydrogen-bond donors (Lipinski definition) is 0. The highest BCUT2D eigenvalue weighted by Gasteiger charge is 2.06. The number of halogens is 1. The zero-order valence-electron chi connectivity index (χ0n) is 13.3. The summed E-state index contributed by atoms with van der Waals surface area (Å²) < 4.78 is 30.7. The fourth-order valence-corrected chi connectivity index (χ4v) is 3.79. The lowest BCUT2D eigenvalue weighted by molar-refractivity contribution is 0.318. The summed E-state index contributed by atoms with van der Waals surface area (Å²) in [4.78, 5) is 0. The van der Waals surface area contributed by atoms with Crippen molar-refractivity contribution >= 4 is 21.6 Å². The van der Waals surface area contributed by atoms with Crippen LogP contribution in [0.1, 0.15) is 12.0 Å². The highest BCUT2D eigenvalue weighted by Crippen LogP contribution is 2.20. The van der Waals surface area contributed by atoms with Crippen LogP contribution in [-0.2, 0) is 16.6 Å². The van der Waals surface area contributed by atoms with Crippen LogP contribution >= 0.6 is 0 Å². The maximum Gasteiger partial charge on any atom is 0.123 e. The predicted molar refractivity (Wildman–Crippen MR) is 97.2 cm³/mol. The Balaban J connectivity index is 1.49. The summed E-state index contributed by atoms with van der Waals surface area (Å²) in [7, 11) is -0.929. The summed E-state index contributed by atoms with van der Waals surface area (Å²) in [5.74, 6) is 1.50. The topological polar surface area (TPSA) is 26.3 Å². The molecule has 0 aliphatic carbocycles. The molecule has 3 rings (SSSR count). The number of rotatable bonds is 7. The lowest BCUT2D eigenvalue weighted by Gasteiger charge is -2.08. The molecule has 0 radical (unpaired) electrons. The van der Waals surface area contributed by atoms with E-state index in [1.807, 2.05) is 24.3 Å². The molecule has 2 nitrogen and oxygen atoms in total. The molecule has 0 amide bonds. The van der Waals surface area contributed by atoms with Crippen LogP contribution in [0, 0.1) is 5.82 Å². The van der Waals surface area contributed by atoms with E-state index in [1.54, 1.807) is 12.1 Å². The average Bonchev–Trinajstić information content (AvgIpc) is 2.61. The Kier molecular flexibility index (Phi) is 5.59. The molecule has 0 aliphatic heterocycles.